The van der Waals surface area contributed by atoms with Gasteiger partial charge in [-0.2, -0.15) is 0 Å². The van der Waals surface area contributed by atoms with Crippen molar-refractivity contribution in [3.8, 4) is 0 Å². The van der Waals surface area contributed by atoms with Gasteiger partial charge in [0.05, 0.1) is 6.61 Å². The van der Waals surface area contributed by atoms with Crippen LogP contribution in [0.4, 0.5) is 4.39 Å². The fraction of sp³-hybridized carbons (Fsp3) is 0.545. The van der Waals surface area contributed by atoms with E-state index in [-0.39, 0.29) is 11.7 Å². The number of carbonyl (C=O) groups excluding carboxylic acids is 1. The Hall–Kier alpha value is -1.15. The Morgan fingerprint density at radius 1 is 1.68 bits per heavy atom. The largest absolute Gasteiger partial charge is 0.393 e. The van der Waals surface area contributed by atoms with Crippen LogP contribution in [-0.4, -0.2) is 57.6 Å². The van der Waals surface area contributed by atoms with Crippen LogP contribution in [0, 0.1) is 0 Å². The summed E-state index contributed by atoms with van der Waals surface area (Å²) in [5.74, 6) is -0.159. The molecule has 6 nitrogen and oxygen atoms in total. The van der Waals surface area contributed by atoms with Gasteiger partial charge in [0, 0.05) is 12.3 Å². The van der Waals surface area contributed by atoms with Gasteiger partial charge in [0.15, 0.2) is 6.23 Å². The first kappa shape index (κ1) is 14.3. The SMILES string of the molecule is C=C1NC(=O)C=CN1[C@@H]1O[C@@](CO)(CF)[C@@H](O)[C@H]1Cl. The second kappa shape index (κ2) is 5.09. The van der Waals surface area contributed by atoms with Crippen LogP contribution in [0.1, 0.15) is 0 Å². The van der Waals surface area contributed by atoms with E-state index in [1.807, 2.05) is 0 Å². The lowest BCUT2D eigenvalue weighted by Gasteiger charge is -2.33. The van der Waals surface area contributed by atoms with Crippen molar-refractivity contribution in [1.29, 1.82) is 0 Å². The van der Waals surface area contributed by atoms with Crippen molar-refractivity contribution in [2.24, 2.45) is 0 Å². The summed E-state index contributed by atoms with van der Waals surface area (Å²) in [4.78, 5) is 12.5. The third-order valence-electron chi connectivity index (χ3n) is 3.20. The van der Waals surface area contributed by atoms with Crippen LogP contribution in [0.2, 0.25) is 0 Å². The third kappa shape index (κ3) is 2.23. The van der Waals surface area contributed by atoms with Crippen LogP contribution in [0.5, 0.6) is 0 Å². The first-order chi connectivity index (χ1) is 8.95. The molecule has 2 aliphatic rings. The second-order valence-corrected chi connectivity index (χ2v) is 4.92. The summed E-state index contributed by atoms with van der Waals surface area (Å²) in [6.45, 7) is 1.83. The van der Waals surface area contributed by atoms with E-state index in [1.54, 1.807) is 0 Å². The minimum atomic E-state index is -1.76. The minimum absolute atomic E-state index is 0.197. The summed E-state index contributed by atoms with van der Waals surface area (Å²) in [6.07, 6.45) is 0.277. The van der Waals surface area contributed by atoms with Gasteiger partial charge in [0.1, 0.15) is 29.6 Å². The number of alkyl halides is 2. The Balaban J connectivity index is 2.25. The maximum atomic E-state index is 13.0. The summed E-state index contributed by atoms with van der Waals surface area (Å²) >= 11 is 6.02. The molecule has 0 spiro atoms. The summed E-state index contributed by atoms with van der Waals surface area (Å²) in [6, 6.07) is 0. The van der Waals surface area contributed by atoms with E-state index in [9.17, 15) is 19.4 Å². The summed E-state index contributed by atoms with van der Waals surface area (Å²) in [7, 11) is 0. The summed E-state index contributed by atoms with van der Waals surface area (Å²) in [5.41, 5.74) is -1.76. The van der Waals surface area contributed by atoms with Gasteiger partial charge in [-0.25, -0.2) is 4.39 Å². The fourth-order valence-corrected chi connectivity index (χ4v) is 2.44. The third-order valence-corrected chi connectivity index (χ3v) is 3.66. The minimum Gasteiger partial charge on any atom is -0.393 e. The molecule has 0 aromatic carbocycles. The maximum absolute atomic E-state index is 13.0. The van der Waals surface area contributed by atoms with E-state index in [0.717, 1.165) is 0 Å². The molecule has 8 heteroatoms. The molecular weight excluding hydrogens is 279 g/mol. The highest BCUT2D eigenvalue weighted by Crippen LogP contribution is 2.37. The van der Waals surface area contributed by atoms with Crippen LogP contribution in [0.3, 0.4) is 0 Å². The van der Waals surface area contributed by atoms with Crippen molar-refractivity contribution < 1.29 is 24.1 Å². The smallest absolute Gasteiger partial charge is 0.250 e. The number of nitrogens with one attached hydrogen (secondary N) is 1. The van der Waals surface area contributed by atoms with Crippen molar-refractivity contribution >= 4 is 17.5 Å². The zero-order valence-corrected chi connectivity index (χ0v) is 10.7. The molecule has 2 heterocycles. The van der Waals surface area contributed by atoms with Gasteiger partial charge in [-0.15, -0.1) is 11.6 Å². The average molecular weight is 293 g/mol. The highest BCUT2D eigenvalue weighted by molar-refractivity contribution is 6.21. The van der Waals surface area contributed by atoms with Gasteiger partial charge in [-0.1, -0.05) is 6.58 Å². The molecule has 19 heavy (non-hydrogen) atoms. The molecule has 106 valence electrons. The van der Waals surface area contributed by atoms with Crippen molar-refractivity contribution in [3.05, 3.63) is 24.7 Å². The lowest BCUT2D eigenvalue weighted by Crippen LogP contribution is -2.47. The molecule has 1 amide bonds. The van der Waals surface area contributed by atoms with E-state index in [1.165, 1.54) is 17.2 Å². The van der Waals surface area contributed by atoms with Crippen LogP contribution >= 0.6 is 11.6 Å². The number of aliphatic hydroxyl groups is 2. The molecule has 0 aromatic heterocycles. The Morgan fingerprint density at radius 3 is 2.84 bits per heavy atom. The van der Waals surface area contributed by atoms with E-state index in [2.05, 4.69) is 11.9 Å². The molecular formula is C11H14ClFN2O4. The van der Waals surface area contributed by atoms with Crippen LogP contribution < -0.4 is 5.32 Å². The van der Waals surface area contributed by atoms with Gasteiger partial charge >= 0.3 is 0 Å². The molecule has 2 rings (SSSR count). The predicted octanol–water partition coefficient (Wildman–Crippen LogP) is -0.572. The molecule has 0 saturated carbocycles. The second-order valence-electron chi connectivity index (χ2n) is 4.41. The first-order valence-electron chi connectivity index (χ1n) is 5.58. The van der Waals surface area contributed by atoms with E-state index in [0.29, 0.717) is 0 Å². The average Bonchev–Trinajstić information content (AvgIpc) is 2.64. The number of halogens is 2. The Labute approximate surface area is 114 Å². The highest BCUT2D eigenvalue weighted by atomic mass is 35.5. The maximum Gasteiger partial charge on any atom is 0.250 e. The van der Waals surface area contributed by atoms with Crippen molar-refractivity contribution in [2.45, 2.75) is 23.3 Å². The molecule has 1 saturated heterocycles. The number of nitrogens with zero attached hydrogens (tertiary/aromatic N) is 1. The number of ether oxygens (including phenoxy) is 1. The van der Waals surface area contributed by atoms with Crippen molar-refractivity contribution in [3.63, 3.8) is 0 Å². The number of carbonyl (C=O) groups is 1. The quantitative estimate of drug-likeness (QED) is 0.607. The first-order valence-corrected chi connectivity index (χ1v) is 6.02. The van der Waals surface area contributed by atoms with Crippen molar-refractivity contribution in [1.82, 2.24) is 10.2 Å². The van der Waals surface area contributed by atoms with E-state index in [4.69, 9.17) is 16.3 Å². The lowest BCUT2D eigenvalue weighted by molar-refractivity contribution is -0.144. The molecule has 2 aliphatic heterocycles. The van der Waals surface area contributed by atoms with Gasteiger partial charge < -0.3 is 25.2 Å². The van der Waals surface area contributed by atoms with E-state index >= 15 is 0 Å². The Morgan fingerprint density at radius 2 is 2.37 bits per heavy atom. The summed E-state index contributed by atoms with van der Waals surface area (Å²) < 4.78 is 18.4. The molecule has 3 N–H and O–H groups in total. The van der Waals surface area contributed by atoms with Crippen LogP contribution in [0.25, 0.3) is 0 Å². The van der Waals surface area contributed by atoms with Crippen molar-refractivity contribution in [2.75, 3.05) is 13.3 Å². The number of amides is 1. The fourth-order valence-electron chi connectivity index (χ4n) is 2.04. The Bertz CT molecular complexity index is 427. The lowest BCUT2D eigenvalue weighted by atomic mass is 9.99. The molecule has 1 fully saturated rings. The van der Waals surface area contributed by atoms with Crippen LogP contribution in [-0.2, 0) is 9.53 Å². The standard InChI is InChI=1S/C11H14ClFN2O4/c1-6-14-7(17)2-3-15(6)10-8(12)9(18)11(4-13,5-16)19-10/h2-3,8-10,16,18H,1,4-5H2,(H,14,17)/t8-,9+,10-,11-/m1/s1. The van der Waals surface area contributed by atoms with E-state index < -0.39 is 36.6 Å². The summed E-state index contributed by atoms with van der Waals surface area (Å²) in [5, 5.41) is 20.6. The number of hydrogen-bond donors (Lipinski definition) is 3. The normalized spacial score (nSPS) is 38.7. The van der Waals surface area contributed by atoms with Gasteiger partial charge in [-0.3, -0.25) is 4.79 Å². The molecule has 4 atom stereocenters. The van der Waals surface area contributed by atoms with Gasteiger partial charge in [0.2, 0.25) is 0 Å². The molecule has 0 bridgehead atoms. The topological polar surface area (TPSA) is 82.0 Å². The monoisotopic (exact) mass is 292 g/mol. The molecule has 0 aliphatic carbocycles. The molecule has 0 unspecified atom stereocenters. The van der Waals surface area contributed by atoms with Gasteiger partial charge in [0.25, 0.3) is 5.91 Å². The number of aliphatic hydroxyl groups excluding tert-OH is 2. The van der Waals surface area contributed by atoms with Crippen LogP contribution in [0.15, 0.2) is 24.7 Å². The number of hydrogen-bond acceptors (Lipinski definition) is 5. The predicted molar refractivity (Wildman–Crippen MR) is 64.6 cm³/mol. The molecule has 0 radical (unpaired) electrons. The highest BCUT2D eigenvalue weighted by Gasteiger charge is 2.56. The number of rotatable bonds is 3. The zero-order chi connectivity index (χ0) is 14.2. The Kier molecular flexibility index (Phi) is 3.82. The van der Waals surface area contributed by atoms with Gasteiger partial charge in [-0.05, 0) is 0 Å². The molecule has 0 aromatic rings. The zero-order valence-electron chi connectivity index (χ0n) is 9.92.